The quantitative estimate of drug-likeness (QED) is 0.853. The van der Waals surface area contributed by atoms with Gasteiger partial charge in [-0.3, -0.25) is 4.98 Å². The summed E-state index contributed by atoms with van der Waals surface area (Å²) in [4.78, 5) is 4.25. The predicted octanol–water partition coefficient (Wildman–Crippen LogP) is 2.49. The molecule has 0 aliphatic carbocycles. The molecule has 4 nitrogen and oxygen atoms in total. The summed E-state index contributed by atoms with van der Waals surface area (Å²) in [7, 11) is 0. The fourth-order valence-electron chi connectivity index (χ4n) is 2.28. The summed E-state index contributed by atoms with van der Waals surface area (Å²) in [6.07, 6.45) is 4.88. The van der Waals surface area contributed by atoms with Gasteiger partial charge >= 0.3 is 0 Å². The van der Waals surface area contributed by atoms with Gasteiger partial charge in [-0.1, -0.05) is 12.1 Å². The zero-order valence-corrected chi connectivity index (χ0v) is 11.9. The molecule has 2 aromatic rings. The Morgan fingerprint density at radius 2 is 2.10 bits per heavy atom. The maximum Gasteiger partial charge on any atom is 0.138 e. The average Bonchev–Trinajstić information content (AvgIpc) is 2.92. The largest absolute Gasteiger partial charge is 0.487 e. The van der Waals surface area contributed by atoms with E-state index in [1.165, 1.54) is 0 Å². The summed E-state index contributed by atoms with van der Waals surface area (Å²) < 4.78 is 5.91. The average molecular weight is 292 g/mol. The van der Waals surface area contributed by atoms with Gasteiger partial charge in [0.25, 0.3) is 0 Å². The van der Waals surface area contributed by atoms with Gasteiger partial charge in [0.15, 0.2) is 0 Å². The van der Waals surface area contributed by atoms with E-state index in [0.29, 0.717) is 0 Å². The van der Waals surface area contributed by atoms with Crippen molar-refractivity contribution < 1.29 is 4.74 Å². The lowest BCUT2D eigenvalue weighted by Gasteiger charge is -2.13. The van der Waals surface area contributed by atoms with Gasteiger partial charge in [-0.2, -0.15) is 0 Å². The van der Waals surface area contributed by atoms with E-state index < -0.39 is 0 Å². The van der Waals surface area contributed by atoms with Crippen molar-refractivity contribution in [1.29, 1.82) is 0 Å². The SMILES string of the molecule is Cl.Nc1cccc(-c2cncc(O[C@H]3CCNC3)c2)c1. The van der Waals surface area contributed by atoms with Gasteiger partial charge in [0.05, 0.1) is 6.20 Å². The highest BCUT2D eigenvalue weighted by Crippen LogP contribution is 2.25. The van der Waals surface area contributed by atoms with Gasteiger partial charge in [-0.05, 0) is 36.7 Å². The summed E-state index contributed by atoms with van der Waals surface area (Å²) in [6.45, 7) is 1.93. The first-order valence-corrected chi connectivity index (χ1v) is 6.49. The molecule has 0 bridgehead atoms. The van der Waals surface area contributed by atoms with Crippen molar-refractivity contribution in [2.45, 2.75) is 12.5 Å². The molecule has 3 N–H and O–H groups in total. The van der Waals surface area contributed by atoms with Gasteiger partial charge in [0.2, 0.25) is 0 Å². The van der Waals surface area contributed by atoms with Crippen LogP contribution < -0.4 is 15.8 Å². The first-order valence-electron chi connectivity index (χ1n) is 6.49. The van der Waals surface area contributed by atoms with Crippen LogP contribution >= 0.6 is 12.4 Å². The van der Waals surface area contributed by atoms with Crippen LogP contribution in [-0.2, 0) is 0 Å². The van der Waals surface area contributed by atoms with E-state index in [1.54, 1.807) is 6.20 Å². The van der Waals surface area contributed by atoms with Crippen LogP contribution in [0.15, 0.2) is 42.7 Å². The lowest BCUT2D eigenvalue weighted by Crippen LogP contribution is -2.19. The second-order valence-electron chi connectivity index (χ2n) is 4.77. The minimum Gasteiger partial charge on any atom is -0.487 e. The van der Waals surface area contributed by atoms with E-state index in [0.717, 1.165) is 42.1 Å². The third kappa shape index (κ3) is 3.40. The zero-order chi connectivity index (χ0) is 13.1. The van der Waals surface area contributed by atoms with Crippen molar-refractivity contribution in [3.8, 4) is 16.9 Å². The predicted molar refractivity (Wildman–Crippen MR) is 83.2 cm³/mol. The van der Waals surface area contributed by atoms with Crippen LogP contribution in [0, 0.1) is 0 Å². The first kappa shape index (κ1) is 14.6. The van der Waals surface area contributed by atoms with Gasteiger partial charge < -0.3 is 15.8 Å². The summed E-state index contributed by atoms with van der Waals surface area (Å²) in [5.41, 5.74) is 8.64. The van der Waals surface area contributed by atoms with Crippen molar-refractivity contribution >= 4 is 18.1 Å². The molecule has 106 valence electrons. The Balaban J connectivity index is 0.00000147. The Labute approximate surface area is 124 Å². The monoisotopic (exact) mass is 291 g/mol. The molecule has 1 atom stereocenters. The molecule has 1 aromatic carbocycles. The van der Waals surface area contributed by atoms with Crippen molar-refractivity contribution in [1.82, 2.24) is 10.3 Å². The Morgan fingerprint density at radius 1 is 1.20 bits per heavy atom. The van der Waals surface area contributed by atoms with Crippen LogP contribution in [0.2, 0.25) is 0 Å². The molecule has 0 saturated carbocycles. The highest BCUT2D eigenvalue weighted by molar-refractivity contribution is 5.85. The van der Waals surface area contributed by atoms with Gasteiger partial charge in [-0.25, -0.2) is 0 Å². The molecule has 0 spiro atoms. The normalized spacial score (nSPS) is 17.5. The number of nitrogens with one attached hydrogen (secondary N) is 1. The number of hydrogen-bond acceptors (Lipinski definition) is 4. The van der Waals surface area contributed by atoms with E-state index >= 15 is 0 Å². The number of benzene rings is 1. The molecule has 3 rings (SSSR count). The number of hydrogen-bond donors (Lipinski definition) is 2. The smallest absolute Gasteiger partial charge is 0.138 e. The molecular weight excluding hydrogens is 274 g/mol. The van der Waals surface area contributed by atoms with Crippen molar-refractivity contribution in [2.24, 2.45) is 0 Å². The van der Waals surface area contributed by atoms with Crippen LogP contribution in [0.1, 0.15) is 6.42 Å². The summed E-state index contributed by atoms with van der Waals surface area (Å²) in [6, 6.07) is 9.80. The molecule has 0 unspecified atom stereocenters. The maximum atomic E-state index is 5.91. The van der Waals surface area contributed by atoms with E-state index in [1.807, 2.05) is 36.5 Å². The molecule has 20 heavy (non-hydrogen) atoms. The fourth-order valence-corrected chi connectivity index (χ4v) is 2.28. The van der Waals surface area contributed by atoms with E-state index in [2.05, 4.69) is 10.3 Å². The minimum atomic E-state index is 0. The lowest BCUT2D eigenvalue weighted by molar-refractivity contribution is 0.222. The van der Waals surface area contributed by atoms with Crippen LogP contribution in [0.25, 0.3) is 11.1 Å². The molecule has 1 aliphatic rings. The first-order chi connectivity index (χ1) is 9.31. The zero-order valence-electron chi connectivity index (χ0n) is 11.1. The number of nitrogens with two attached hydrogens (primary N) is 1. The van der Waals surface area contributed by atoms with Gasteiger partial charge in [0, 0.05) is 24.0 Å². The second-order valence-corrected chi connectivity index (χ2v) is 4.77. The number of nitrogen functional groups attached to an aromatic ring is 1. The Kier molecular flexibility index (Phi) is 4.82. The van der Waals surface area contributed by atoms with Gasteiger partial charge in [-0.15, -0.1) is 12.4 Å². The van der Waals surface area contributed by atoms with Crippen LogP contribution in [0.4, 0.5) is 5.69 Å². The standard InChI is InChI=1S/C15H17N3O.ClH/c16-13-3-1-2-11(6-13)12-7-15(10-18-8-12)19-14-4-5-17-9-14;/h1-3,6-8,10,14,17H,4-5,9,16H2;1H/t14-;/m0./s1. The van der Waals surface area contributed by atoms with Crippen LogP contribution in [-0.4, -0.2) is 24.2 Å². The third-order valence-corrected chi connectivity index (χ3v) is 3.25. The highest BCUT2D eigenvalue weighted by Gasteiger charge is 2.16. The third-order valence-electron chi connectivity index (χ3n) is 3.25. The Hall–Kier alpha value is -1.78. The van der Waals surface area contributed by atoms with Crippen LogP contribution in [0.5, 0.6) is 5.75 Å². The second kappa shape index (κ2) is 6.59. The van der Waals surface area contributed by atoms with Crippen molar-refractivity contribution in [3.05, 3.63) is 42.7 Å². The maximum absolute atomic E-state index is 5.91. The number of halogens is 1. The van der Waals surface area contributed by atoms with E-state index in [-0.39, 0.29) is 18.5 Å². The molecule has 5 heteroatoms. The topological polar surface area (TPSA) is 60.2 Å². The number of nitrogens with zero attached hydrogens (tertiary/aromatic N) is 1. The molecular formula is C15H18ClN3O. The molecule has 0 radical (unpaired) electrons. The molecule has 0 amide bonds. The fraction of sp³-hybridized carbons (Fsp3) is 0.267. The van der Waals surface area contributed by atoms with Gasteiger partial charge in [0.1, 0.15) is 11.9 Å². The number of anilines is 1. The number of rotatable bonds is 3. The lowest BCUT2D eigenvalue weighted by atomic mass is 10.1. The number of pyridine rings is 1. The number of ether oxygens (including phenoxy) is 1. The number of aromatic nitrogens is 1. The Morgan fingerprint density at radius 3 is 2.85 bits per heavy atom. The molecule has 1 saturated heterocycles. The Bertz CT molecular complexity index is 571. The van der Waals surface area contributed by atoms with Crippen LogP contribution in [0.3, 0.4) is 0 Å². The molecule has 1 aliphatic heterocycles. The molecule has 1 aromatic heterocycles. The van der Waals surface area contributed by atoms with Crippen molar-refractivity contribution in [2.75, 3.05) is 18.8 Å². The molecule has 1 fully saturated rings. The highest BCUT2D eigenvalue weighted by atomic mass is 35.5. The van der Waals surface area contributed by atoms with Crippen molar-refractivity contribution in [3.63, 3.8) is 0 Å². The van der Waals surface area contributed by atoms with E-state index in [9.17, 15) is 0 Å². The summed E-state index contributed by atoms with van der Waals surface area (Å²) in [5.74, 6) is 0.814. The molecule has 2 heterocycles. The summed E-state index contributed by atoms with van der Waals surface area (Å²) in [5, 5.41) is 3.28. The summed E-state index contributed by atoms with van der Waals surface area (Å²) >= 11 is 0. The minimum absolute atomic E-state index is 0. The van der Waals surface area contributed by atoms with E-state index in [4.69, 9.17) is 10.5 Å².